The fourth-order valence-electron chi connectivity index (χ4n) is 1.73. The lowest BCUT2D eigenvalue weighted by Gasteiger charge is -2.10. The molecule has 0 aliphatic heterocycles. The molecule has 0 heterocycles. The Morgan fingerprint density at radius 2 is 1.76 bits per heavy atom. The number of hydrogen-bond donors (Lipinski definition) is 2. The smallest absolute Gasteiger partial charge is 0.243 e. The topological polar surface area (TPSA) is 72.2 Å². The molecule has 0 amide bonds. The first kappa shape index (κ1) is 15.4. The summed E-state index contributed by atoms with van der Waals surface area (Å²) in [6.07, 6.45) is 0. The molecule has 0 aliphatic carbocycles. The summed E-state index contributed by atoms with van der Waals surface area (Å²) in [4.78, 5) is -0.507. The minimum atomic E-state index is -4.04. The van der Waals surface area contributed by atoms with Crippen molar-refractivity contribution in [2.45, 2.75) is 18.4 Å². The van der Waals surface area contributed by atoms with E-state index in [2.05, 4.69) is 4.72 Å². The predicted octanol–water partition coefficient (Wildman–Crippen LogP) is 2.33. The lowest BCUT2D eigenvalue weighted by Crippen LogP contribution is -2.24. The van der Waals surface area contributed by atoms with Crippen LogP contribution in [-0.2, 0) is 16.6 Å². The highest BCUT2D eigenvalue weighted by molar-refractivity contribution is 7.89. The van der Waals surface area contributed by atoms with Crippen molar-refractivity contribution in [2.24, 2.45) is 0 Å². The summed E-state index contributed by atoms with van der Waals surface area (Å²) in [5.74, 6) is -1.28. The van der Waals surface area contributed by atoms with E-state index >= 15 is 0 Å². The van der Waals surface area contributed by atoms with Crippen molar-refractivity contribution in [1.82, 2.24) is 4.72 Å². The molecule has 112 valence electrons. The van der Waals surface area contributed by atoms with Crippen LogP contribution in [0.3, 0.4) is 0 Å². The van der Waals surface area contributed by atoms with Crippen LogP contribution >= 0.6 is 0 Å². The Morgan fingerprint density at radius 3 is 2.38 bits per heavy atom. The minimum Gasteiger partial charge on any atom is -0.398 e. The number of nitrogens with two attached hydrogens (primary N) is 1. The van der Waals surface area contributed by atoms with Gasteiger partial charge >= 0.3 is 0 Å². The molecular formula is C14H14F2N2O2S. The normalized spacial score (nSPS) is 11.6. The van der Waals surface area contributed by atoms with E-state index in [0.717, 1.165) is 12.1 Å². The Hall–Kier alpha value is -1.99. The summed E-state index contributed by atoms with van der Waals surface area (Å²) in [7, 11) is -4.04. The van der Waals surface area contributed by atoms with Gasteiger partial charge < -0.3 is 5.73 Å². The maximum atomic E-state index is 13.8. The molecule has 0 unspecified atom stereocenters. The molecule has 7 heteroatoms. The van der Waals surface area contributed by atoms with Crippen LogP contribution in [0.4, 0.5) is 14.5 Å². The van der Waals surface area contributed by atoms with Crippen LogP contribution < -0.4 is 10.5 Å². The van der Waals surface area contributed by atoms with E-state index in [1.807, 2.05) is 0 Å². The van der Waals surface area contributed by atoms with E-state index in [1.54, 1.807) is 6.92 Å². The molecule has 3 N–H and O–H groups in total. The van der Waals surface area contributed by atoms with E-state index in [9.17, 15) is 17.2 Å². The van der Waals surface area contributed by atoms with Crippen LogP contribution in [0.25, 0.3) is 0 Å². The number of halogens is 2. The van der Waals surface area contributed by atoms with Crippen LogP contribution in [0.15, 0.2) is 41.3 Å². The van der Waals surface area contributed by atoms with Crippen LogP contribution in [0.1, 0.15) is 11.1 Å². The Morgan fingerprint density at radius 1 is 1.14 bits per heavy atom. The Labute approximate surface area is 121 Å². The maximum Gasteiger partial charge on any atom is 0.243 e. The molecule has 0 spiro atoms. The van der Waals surface area contributed by atoms with Crippen molar-refractivity contribution in [1.29, 1.82) is 0 Å². The lowest BCUT2D eigenvalue weighted by molar-refractivity contribution is 0.556. The van der Waals surface area contributed by atoms with Gasteiger partial charge in [0.2, 0.25) is 10.0 Å². The van der Waals surface area contributed by atoms with Crippen molar-refractivity contribution in [3.05, 3.63) is 59.2 Å². The van der Waals surface area contributed by atoms with Gasteiger partial charge in [-0.1, -0.05) is 12.1 Å². The van der Waals surface area contributed by atoms with Gasteiger partial charge in [0.05, 0.1) is 0 Å². The zero-order chi connectivity index (χ0) is 15.6. The van der Waals surface area contributed by atoms with Crippen LogP contribution in [0.5, 0.6) is 0 Å². The highest BCUT2D eigenvalue weighted by Gasteiger charge is 2.20. The van der Waals surface area contributed by atoms with Crippen LogP contribution in [0, 0.1) is 18.6 Å². The quantitative estimate of drug-likeness (QED) is 0.851. The van der Waals surface area contributed by atoms with E-state index in [-0.39, 0.29) is 12.2 Å². The fraction of sp³-hybridized carbons (Fsp3) is 0.143. The number of rotatable bonds is 4. The Bertz CT molecular complexity index is 759. The van der Waals surface area contributed by atoms with E-state index in [0.29, 0.717) is 11.1 Å². The summed E-state index contributed by atoms with van der Waals surface area (Å²) in [6, 6.07) is 7.47. The Kier molecular flexibility index (Phi) is 4.24. The van der Waals surface area contributed by atoms with Crippen LogP contribution in [0.2, 0.25) is 0 Å². The molecule has 0 radical (unpaired) electrons. The molecule has 2 rings (SSSR count). The summed E-state index contributed by atoms with van der Waals surface area (Å²) in [5, 5.41) is 0. The number of sulfonamides is 1. The maximum absolute atomic E-state index is 13.8. The van der Waals surface area contributed by atoms with E-state index in [1.165, 1.54) is 24.3 Å². The first-order valence-electron chi connectivity index (χ1n) is 6.09. The second-order valence-electron chi connectivity index (χ2n) is 4.59. The SMILES string of the molecule is Cc1cc(F)c(S(=O)(=O)NCc2ccc(F)cc2)cc1N. The monoisotopic (exact) mass is 312 g/mol. The molecule has 0 bridgehead atoms. The van der Waals surface area contributed by atoms with Crippen LogP contribution in [-0.4, -0.2) is 8.42 Å². The summed E-state index contributed by atoms with van der Waals surface area (Å²) in [5.41, 5.74) is 6.82. The summed E-state index contributed by atoms with van der Waals surface area (Å²) >= 11 is 0. The van der Waals surface area contributed by atoms with Gasteiger partial charge in [0.1, 0.15) is 16.5 Å². The highest BCUT2D eigenvalue weighted by Crippen LogP contribution is 2.21. The van der Waals surface area contributed by atoms with Gasteiger partial charge in [-0.05, 0) is 42.3 Å². The van der Waals surface area contributed by atoms with Gasteiger partial charge in [0, 0.05) is 12.2 Å². The second kappa shape index (κ2) is 5.79. The number of nitrogen functional groups attached to an aromatic ring is 1. The van der Waals surface area contributed by atoms with Gasteiger partial charge in [-0.2, -0.15) is 0 Å². The van der Waals surface area contributed by atoms with Gasteiger partial charge in [0.25, 0.3) is 0 Å². The summed E-state index contributed by atoms with van der Waals surface area (Å²) in [6.45, 7) is 1.51. The first-order chi connectivity index (χ1) is 9.79. The zero-order valence-corrected chi connectivity index (χ0v) is 12.0. The Balaban J connectivity index is 2.22. The van der Waals surface area contributed by atoms with Crippen molar-refractivity contribution in [2.75, 3.05) is 5.73 Å². The third-order valence-electron chi connectivity index (χ3n) is 2.99. The molecule has 2 aromatic carbocycles. The molecule has 4 nitrogen and oxygen atoms in total. The van der Waals surface area contributed by atoms with Gasteiger partial charge in [-0.3, -0.25) is 0 Å². The van der Waals surface area contributed by atoms with E-state index < -0.39 is 26.6 Å². The molecule has 0 saturated heterocycles. The number of aryl methyl sites for hydroxylation is 1. The third kappa shape index (κ3) is 3.56. The molecular weight excluding hydrogens is 298 g/mol. The molecule has 0 fully saturated rings. The standard InChI is InChI=1S/C14H14F2N2O2S/c1-9-6-12(16)14(7-13(9)17)21(19,20)18-8-10-2-4-11(15)5-3-10/h2-7,18H,8,17H2,1H3. The average molecular weight is 312 g/mol. The first-order valence-corrected chi connectivity index (χ1v) is 7.57. The van der Waals surface area contributed by atoms with Crippen molar-refractivity contribution >= 4 is 15.7 Å². The molecule has 21 heavy (non-hydrogen) atoms. The molecule has 0 atom stereocenters. The highest BCUT2D eigenvalue weighted by atomic mass is 32.2. The lowest BCUT2D eigenvalue weighted by atomic mass is 10.2. The molecule has 0 saturated carbocycles. The van der Waals surface area contributed by atoms with E-state index in [4.69, 9.17) is 5.73 Å². The van der Waals surface area contributed by atoms with Gasteiger partial charge in [-0.25, -0.2) is 21.9 Å². The number of anilines is 1. The van der Waals surface area contributed by atoms with Gasteiger partial charge in [-0.15, -0.1) is 0 Å². The summed E-state index contributed by atoms with van der Waals surface area (Å²) < 4.78 is 52.9. The number of benzene rings is 2. The minimum absolute atomic E-state index is 0.0736. The molecule has 0 aromatic heterocycles. The van der Waals surface area contributed by atoms with Crippen molar-refractivity contribution < 1.29 is 17.2 Å². The zero-order valence-electron chi connectivity index (χ0n) is 11.2. The van der Waals surface area contributed by atoms with Crippen molar-refractivity contribution in [3.63, 3.8) is 0 Å². The largest absolute Gasteiger partial charge is 0.398 e. The molecule has 2 aromatic rings. The van der Waals surface area contributed by atoms with Crippen molar-refractivity contribution in [3.8, 4) is 0 Å². The number of hydrogen-bond acceptors (Lipinski definition) is 3. The third-order valence-corrected chi connectivity index (χ3v) is 4.41. The average Bonchev–Trinajstić information content (AvgIpc) is 2.42. The number of nitrogens with one attached hydrogen (secondary N) is 1. The fourth-order valence-corrected chi connectivity index (χ4v) is 2.84. The molecule has 0 aliphatic rings. The second-order valence-corrected chi connectivity index (χ2v) is 6.33. The van der Waals surface area contributed by atoms with Gasteiger partial charge in [0.15, 0.2) is 0 Å². The predicted molar refractivity (Wildman–Crippen MR) is 76.0 cm³/mol.